The van der Waals surface area contributed by atoms with Crippen molar-refractivity contribution in [1.82, 2.24) is 4.98 Å². The van der Waals surface area contributed by atoms with Crippen molar-refractivity contribution in [2.45, 2.75) is 13.8 Å². The molecule has 86 valence electrons. The molecule has 0 aliphatic heterocycles. The Morgan fingerprint density at radius 2 is 2.00 bits per heavy atom. The van der Waals surface area contributed by atoms with Gasteiger partial charge in [0.2, 0.25) is 5.88 Å². The second kappa shape index (κ2) is 4.78. The van der Waals surface area contributed by atoms with Gasteiger partial charge in [0.25, 0.3) is 0 Å². The van der Waals surface area contributed by atoms with Gasteiger partial charge in [-0.2, -0.15) is 0 Å². The van der Waals surface area contributed by atoms with Crippen LogP contribution in [-0.2, 0) is 0 Å². The van der Waals surface area contributed by atoms with E-state index in [1.54, 1.807) is 12.1 Å². The van der Waals surface area contributed by atoms with Crippen LogP contribution in [0.25, 0.3) is 0 Å². The van der Waals surface area contributed by atoms with Gasteiger partial charge in [0.15, 0.2) is 6.29 Å². The number of nitrogens with zero attached hydrogens (tertiary/aromatic N) is 1. The van der Waals surface area contributed by atoms with Crippen LogP contribution in [0, 0.1) is 13.8 Å². The average Bonchev–Trinajstić information content (AvgIpc) is 2.36. The van der Waals surface area contributed by atoms with Gasteiger partial charge in [-0.1, -0.05) is 12.1 Å². The van der Waals surface area contributed by atoms with Crippen LogP contribution in [0.5, 0.6) is 11.6 Å². The fraction of sp³-hybridized carbons (Fsp3) is 0.143. The Balaban J connectivity index is 2.25. The van der Waals surface area contributed by atoms with Gasteiger partial charge in [0.05, 0.1) is 0 Å². The fourth-order valence-corrected chi connectivity index (χ4v) is 1.47. The second-order valence-corrected chi connectivity index (χ2v) is 3.85. The Morgan fingerprint density at radius 3 is 2.65 bits per heavy atom. The number of aryl methyl sites for hydroxylation is 1. The summed E-state index contributed by atoms with van der Waals surface area (Å²) < 4.78 is 5.66. The monoisotopic (exact) mass is 227 g/mol. The first kappa shape index (κ1) is 11.3. The molecule has 0 bridgehead atoms. The number of aromatic nitrogens is 1. The van der Waals surface area contributed by atoms with Gasteiger partial charge in [0.1, 0.15) is 5.75 Å². The SMILES string of the molecule is Cc1cccc(Oc2ccc(C=O)cn2)c1C. The highest BCUT2D eigenvalue weighted by Crippen LogP contribution is 2.25. The van der Waals surface area contributed by atoms with Crippen molar-refractivity contribution in [2.24, 2.45) is 0 Å². The Morgan fingerprint density at radius 1 is 1.18 bits per heavy atom. The number of pyridine rings is 1. The molecule has 3 nitrogen and oxygen atoms in total. The lowest BCUT2D eigenvalue weighted by atomic mass is 10.1. The molecule has 0 unspecified atom stereocenters. The van der Waals surface area contributed by atoms with Crippen LogP contribution in [0.15, 0.2) is 36.5 Å². The van der Waals surface area contributed by atoms with E-state index < -0.39 is 0 Å². The summed E-state index contributed by atoms with van der Waals surface area (Å²) in [7, 11) is 0. The second-order valence-electron chi connectivity index (χ2n) is 3.85. The summed E-state index contributed by atoms with van der Waals surface area (Å²) in [5, 5.41) is 0. The maximum atomic E-state index is 10.5. The number of carbonyl (C=O) groups excluding carboxylic acids is 1. The number of aldehydes is 1. The van der Waals surface area contributed by atoms with E-state index >= 15 is 0 Å². The van der Waals surface area contributed by atoms with Crippen LogP contribution in [0.1, 0.15) is 21.5 Å². The zero-order chi connectivity index (χ0) is 12.3. The van der Waals surface area contributed by atoms with E-state index in [4.69, 9.17) is 4.74 Å². The van der Waals surface area contributed by atoms with Crippen LogP contribution >= 0.6 is 0 Å². The minimum atomic E-state index is 0.490. The Kier molecular flexibility index (Phi) is 3.19. The molecule has 2 aromatic rings. The lowest BCUT2D eigenvalue weighted by molar-refractivity contribution is 0.112. The normalized spacial score (nSPS) is 10.0. The molecular formula is C14H13NO2. The predicted octanol–water partition coefficient (Wildman–Crippen LogP) is 3.30. The summed E-state index contributed by atoms with van der Waals surface area (Å²) in [6.45, 7) is 4.04. The Hall–Kier alpha value is -2.16. The average molecular weight is 227 g/mol. The molecule has 0 radical (unpaired) electrons. The van der Waals surface area contributed by atoms with Gasteiger partial charge >= 0.3 is 0 Å². The molecule has 0 amide bonds. The van der Waals surface area contributed by atoms with Crippen molar-refractivity contribution >= 4 is 6.29 Å². The third-order valence-corrected chi connectivity index (χ3v) is 2.66. The minimum Gasteiger partial charge on any atom is -0.439 e. The third-order valence-electron chi connectivity index (χ3n) is 2.66. The smallest absolute Gasteiger partial charge is 0.219 e. The van der Waals surface area contributed by atoms with Gasteiger partial charge in [-0.15, -0.1) is 0 Å². The summed E-state index contributed by atoms with van der Waals surface area (Å²) in [4.78, 5) is 14.6. The first-order valence-electron chi connectivity index (χ1n) is 5.36. The number of ether oxygens (including phenoxy) is 1. The number of carbonyl (C=O) groups is 1. The van der Waals surface area contributed by atoms with E-state index in [0.29, 0.717) is 11.4 Å². The molecule has 0 N–H and O–H groups in total. The summed E-state index contributed by atoms with van der Waals surface area (Å²) in [5.41, 5.74) is 2.80. The molecule has 0 fully saturated rings. The predicted molar refractivity (Wildman–Crippen MR) is 65.6 cm³/mol. The molecule has 0 atom stereocenters. The highest BCUT2D eigenvalue weighted by Gasteiger charge is 2.04. The van der Waals surface area contributed by atoms with E-state index in [-0.39, 0.29) is 0 Å². The van der Waals surface area contributed by atoms with Crippen molar-refractivity contribution in [1.29, 1.82) is 0 Å². The largest absolute Gasteiger partial charge is 0.439 e. The molecule has 3 heteroatoms. The van der Waals surface area contributed by atoms with Gasteiger partial charge in [-0.25, -0.2) is 4.98 Å². The first-order valence-corrected chi connectivity index (χ1v) is 5.36. The van der Waals surface area contributed by atoms with Crippen molar-refractivity contribution < 1.29 is 9.53 Å². The molecule has 17 heavy (non-hydrogen) atoms. The molecule has 0 spiro atoms. The minimum absolute atomic E-state index is 0.490. The number of rotatable bonds is 3. The summed E-state index contributed by atoms with van der Waals surface area (Å²) in [5.74, 6) is 1.28. The summed E-state index contributed by atoms with van der Waals surface area (Å²) >= 11 is 0. The molecule has 1 aromatic heterocycles. The standard InChI is InChI=1S/C14H13NO2/c1-10-4-3-5-13(11(10)2)17-14-7-6-12(9-16)8-15-14/h3-9H,1-2H3. The van der Waals surface area contributed by atoms with Crippen LogP contribution in [0.4, 0.5) is 0 Å². The maximum Gasteiger partial charge on any atom is 0.219 e. The van der Waals surface area contributed by atoms with E-state index in [0.717, 1.165) is 17.6 Å². The Labute approximate surface area is 100 Å². The van der Waals surface area contributed by atoms with Gasteiger partial charge < -0.3 is 4.74 Å². The Bertz CT molecular complexity index is 532. The van der Waals surface area contributed by atoms with Crippen molar-refractivity contribution in [2.75, 3.05) is 0 Å². The van der Waals surface area contributed by atoms with Crippen molar-refractivity contribution in [3.8, 4) is 11.6 Å². The molecule has 0 aliphatic carbocycles. The van der Waals surface area contributed by atoms with Crippen LogP contribution < -0.4 is 4.74 Å². The highest BCUT2D eigenvalue weighted by atomic mass is 16.5. The van der Waals surface area contributed by atoms with E-state index in [2.05, 4.69) is 4.98 Å². The van der Waals surface area contributed by atoms with Crippen LogP contribution in [0.3, 0.4) is 0 Å². The van der Waals surface area contributed by atoms with Gasteiger partial charge in [0, 0.05) is 17.8 Å². The summed E-state index contributed by atoms with van der Waals surface area (Å²) in [6, 6.07) is 9.24. The van der Waals surface area contributed by atoms with Gasteiger partial charge in [-0.05, 0) is 37.1 Å². The number of hydrogen-bond acceptors (Lipinski definition) is 3. The number of hydrogen-bond donors (Lipinski definition) is 0. The van der Waals surface area contributed by atoms with Crippen LogP contribution in [-0.4, -0.2) is 11.3 Å². The van der Waals surface area contributed by atoms with E-state index in [1.165, 1.54) is 11.8 Å². The number of benzene rings is 1. The quantitative estimate of drug-likeness (QED) is 0.755. The molecule has 0 aliphatic rings. The highest BCUT2D eigenvalue weighted by molar-refractivity contribution is 5.74. The molecule has 0 saturated heterocycles. The van der Waals surface area contributed by atoms with E-state index in [1.807, 2.05) is 32.0 Å². The topological polar surface area (TPSA) is 39.2 Å². The molecule has 0 saturated carbocycles. The van der Waals surface area contributed by atoms with Gasteiger partial charge in [-0.3, -0.25) is 4.79 Å². The lowest BCUT2D eigenvalue weighted by Gasteiger charge is -2.09. The zero-order valence-corrected chi connectivity index (χ0v) is 9.81. The molecular weight excluding hydrogens is 214 g/mol. The van der Waals surface area contributed by atoms with E-state index in [9.17, 15) is 4.79 Å². The molecule has 2 rings (SSSR count). The zero-order valence-electron chi connectivity index (χ0n) is 9.81. The third kappa shape index (κ3) is 2.50. The first-order chi connectivity index (χ1) is 8.20. The van der Waals surface area contributed by atoms with Crippen LogP contribution in [0.2, 0.25) is 0 Å². The molecule has 1 aromatic carbocycles. The van der Waals surface area contributed by atoms with Crippen molar-refractivity contribution in [3.05, 3.63) is 53.2 Å². The molecule has 1 heterocycles. The van der Waals surface area contributed by atoms with Crippen molar-refractivity contribution in [3.63, 3.8) is 0 Å². The fourth-order valence-electron chi connectivity index (χ4n) is 1.47. The summed E-state index contributed by atoms with van der Waals surface area (Å²) in [6.07, 6.45) is 2.25. The maximum absolute atomic E-state index is 10.5. The lowest BCUT2D eigenvalue weighted by Crippen LogP contribution is -1.92.